The van der Waals surface area contributed by atoms with Crippen LogP contribution in [-0.2, 0) is 4.79 Å². The van der Waals surface area contributed by atoms with E-state index in [2.05, 4.69) is 18.7 Å². The third-order valence-electron chi connectivity index (χ3n) is 3.74. The minimum Gasteiger partial charge on any atom is -0.481 e. The van der Waals surface area contributed by atoms with Gasteiger partial charge in [0.15, 0.2) is 0 Å². The molecule has 1 saturated heterocycles. The summed E-state index contributed by atoms with van der Waals surface area (Å²) in [5.74, 6) is 0.0793. The summed E-state index contributed by atoms with van der Waals surface area (Å²) in [7, 11) is 0. The molecule has 3 nitrogen and oxygen atoms in total. The van der Waals surface area contributed by atoms with Crippen LogP contribution in [0.1, 0.15) is 40.0 Å². The van der Waals surface area contributed by atoms with Crippen molar-refractivity contribution in [2.45, 2.75) is 40.0 Å². The fourth-order valence-corrected chi connectivity index (χ4v) is 2.30. The summed E-state index contributed by atoms with van der Waals surface area (Å²) in [5.41, 5.74) is -0.508. The molecular weight excluding hydrogens is 190 g/mol. The van der Waals surface area contributed by atoms with Crippen LogP contribution in [0.3, 0.4) is 0 Å². The number of carboxylic acid groups (broad SMARTS) is 1. The van der Waals surface area contributed by atoms with Gasteiger partial charge in [-0.15, -0.1) is 0 Å². The molecule has 0 bridgehead atoms. The smallest absolute Gasteiger partial charge is 0.310 e. The van der Waals surface area contributed by atoms with Gasteiger partial charge in [0.05, 0.1) is 5.41 Å². The maximum Gasteiger partial charge on any atom is 0.310 e. The van der Waals surface area contributed by atoms with Gasteiger partial charge in [0.25, 0.3) is 0 Å². The molecule has 1 aliphatic heterocycles. The molecule has 1 N–H and O–H groups in total. The molecule has 1 fully saturated rings. The molecule has 0 spiro atoms. The molecule has 15 heavy (non-hydrogen) atoms. The lowest BCUT2D eigenvalue weighted by atomic mass is 9.90. The second kappa shape index (κ2) is 4.97. The van der Waals surface area contributed by atoms with Gasteiger partial charge in [-0.25, -0.2) is 0 Å². The van der Waals surface area contributed by atoms with Crippen molar-refractivity contribution in [2.75, 3.05) is 19.6 Å². The van der Waals surface area contributed by atoms with Gasteiger partial charge in [-0.3, -0.25) is 4.79 Å². The van der Waals surface area contributed by atoms with E-state index < -0.39 is 11.4 Å². The Bertz CT molecular complexity index is 226. The lowest BCUT2D eigenvalue weighted by molar-refractivity contribution is -0.147. The van der Waals surface area contributed by atoms with Crippen molar-refractivity contribution in [3.8, 4) is 0 Å². The Morgan fingerprint density at radius 1 is 1.47 bits per heavy atom. The monoisotopic (exact) mass is 213 g/mol. The van der Waals surface area contributed by atoms with Crippen LogP contribution in [0.4, 0.5) is 0 Å². The van der Waals surface area contributed by atoms with Gasteiger partial charge in [-0.1, -0.05) is 26.7 Å². The second-order valence-corrected chi connectivity index (χ2v) is 5.03. The molecule has 88 valence electrons. The van der Waals surface area contributed by atoms with E-state index in [4.69, 9.17) is 5.11 Å². The normalized spacial score (nSPS) is 27.5. The number of likely N-dealkylation sites (tertiary alicyclic amines) is 1. The molecule has 0 aromatic heterocycles. The average Bonchev–Trinajstić information content (AvgIpc) is 2.58. The van der Waals surface area contributed by atoms with Crippen LogP contribution in [0.25, 0.3) is 0 Å². The van der Waals surface area contributed by atoms with Crippen LogP contribution in [0.15, 0.2) is 0 Å². The van der Waals surface area contributed by atoms with Crippen LogP contribution in [0, 0.1) is 11.3 Å². The fourth-order valence-electron chi connectivity index (χ4n) is 2.30. The van der Waals surface area contributed by atoms with Crippen LogP contribution in [-0.4, -0.2) is 35.6 Å². The van der Waals surface area contributed by atoms with E-state index in [9.17, 15) is 4.79 Å². The number of aliphatic carboxylic acids is 1. The zero-order valence-corrected chi connectivity index (χ0v) is 10.1. The van der Waals surface area contributed by atoms with Crippen LogP contribution in [0.5, 0.6) is 0 Å². The lowest BCUT2D eigenvalue weighted by Gasteiger charge is -2.23. The zero-order valence-electron chi connectivity index (χ0n) is 10.1. The predicted octanol–water partition coefficient (Wildman–Crippen LogP) is 2.22. The van der Waals surface area contributed by atoms with Gasteiger partial charge in [0.2, 0.25) is 0 Å². The van der Waals surface area contributed by atoms with Crippen molar-refractivity contribution in [3.63, 3.8) is 0 Å². The summed E-state index contributed by atoms with van der Waals surface area (Å²) in [6.45, 7) is 9.01. The van der Waals surface area contributed by atoms with Gasteiger partial charge in [0.1, 0.15) is 0 Å². The molecule has 1 atom stereocenters. The number of carboxylic acids is 1. The molecule has 0 aromatic carbocycles. The minimum atomic E-state index is -0.644. The molecular formula is C12H23NO2. The Labute approximate surface area is 92.5 Å². The van der Waals surface area contributed by atoms with Crippen molar-refractivity contribution in [3.05, 3.63) is 0 Å². The fraction of sp³-hybridized carbons (Fsp3) is 0.917. The number of nitrogens with zero attached hydrogens (tertiary/aromatic N) is 1. The van der Waals surface area contributed by atoms with Gasteiger partial charge >= 0.3 is 5.97 Å². The first-order valence-electron chi connectivity index (χ1n) is 5.97. The molecule has 1 heterocycles. The first-order valence-corrected chi connectivity index (χ1v) is 5.97. The summed E-state index contributed by atoms with van der Waals surface area (Å²) >= 11 is 0. The molecule has 0 aliphatic carbocycles. The van der Waals surface area contributed by atoms with Gasteiger partial charge in [-0.2, -0.15) is 0 Å². The van der Waals surface area contributed by atoms with Crippen molar-refractivity contribution in [1.29, 1.82) is 0 Å². The number of carbonyl (C=O) groups is 1. The molecule has 3 heteroatoms. The van der Waals surface area contributed by atoms with E-state index in [0.717, 1.165) is 32.0 Å². The van der Waals surface area contributed by atoms with E-state index in [1.54, 1.807) is 0 Å². The van der Waals surface area contributed by atoms with Gasteiger partial charge in [0, 0.05) is 13.1 Å². The third kappa shape index (κ3) is 2.94. The first kappa shape index (κ1) is 12.5. The summed E-state index contributed by atoms with van der Waals surface area (Å²) in [4.78, 5) is 13.4. The van der Waals surface area contributed by atoms with Crippen LogP contribution >= 0.6 is 0 Å². The largest absolute Gasteiger partial charge is 0.481 e. The maximum atomic E-state index is 11.1. The summed E-state index contributed by atoms with van der Waals surface area (Å²) in [6, 6.07) is 0. The Balaban J connectivity index is 2.46. The molecule has 0 amide bonds. The molecule has 0 saturated carbocycles. The number of hydrogen-bond acceptors (Lipinski definition) is 2. The standard InChI is InChI=1S/C12H23NO2/c1-4-10(5-2)8-13-7-6-12(3,9-13)11(14)15/h10H,4-9H2,1-3H3,(H,14,15). The first-order chi connectivity index (χ1) is 7.01. The average molecular weight is 213 g/mol. The van der Waals surface area contributed by atoms with E-state index in [1.165, 1.54) is 12.8 Å². The summed E-state index contributed by atoms with van der Waals surface area (Å²) in [6.07, 6.45) is 3.18. The van der Waals surface area contributed by atoms with Crippen LogP contribution < -0.4 is 0 Å². The van der Waals surface area contributed by atoms with Crippen molar-refractivity contribution >= 4 is 5.97 Å². The predicted molar refractivity (Wildman–Crippen MR) is 60.9 cm³/mol. The second-order valence-electron chi connectivity index (χ2n) is 5.03. The van der Waals surface area contributed by atoms with E-state index in [-0.39, 0.29) is 0 Å². The number of rotatable bonds is 5. The maximum absolute atomic E-state index is 11.1. The highest BCUT2D eigenvalue weighted by Gasteiger charge is 2.40. The summed E-state index contributed by atoms with van der Waals surface area (Å²) in [5, 5.41) is 9.11. The Morgan fingerprint density at radius 2 is 2.07 bits per heavy atom. The van der Waals surface area contributed by atoms with Crippen LogP contribution in [0.2, 0.25) is 0 Å². The Hall–Kier alpha value is -0.570. The zero-order chi connectivity index (χ0) is 11.5. The topological polar surface area (TPSA) is 40.5 Å². The van der Waals surface area contributed by atoms with E-state index in [1.807, 2.05) is 6.92 Å². The highest BCUT2D eigenvalue weighted by Crippen LogP contribution is 2.30. The number of hydrogen-bond donors (Lipinski definition) is 1. The molecule has 1 rings (SSSR count). The molecule has 1 aliphatic rings. The summed E-state index contributed by atoms with van der Waals surface area (Å²) < 4.78 is 0. The molecule has 0 aromatic rings. The van der Waals surface area contributed by atoms with Crippen molar-refractivity contribution in [2.24, 2.45) is 11.3 Å². The minimum absolute atomic E-state index is 0.508. The van der Waals surface area contributed by atoms with E-state index in [0.29, 0.717) is 0 Å². The highest BCUT2D eigenvalue weighted by atomic mass is 16.4. The SMILES string of the molecule is CCC(CC)CN1CCC(C)(C(=O)O)C1. The Morgan fingerprint density at radius 3 is 2.47 bits per heavy atom. The lowest BCUT2D eigenvalue weighted by Crippen LogP contribution is -2.33. The van der Waals surface area contributed by atoms with Gasteiger partial charge in [-0.05, 0) is 25.8 Å². The van der Waals surface area contributed by atoms with Crippen molar-refractivity contribution in [1.82, 2.24) is 4.90 Å². The van der Waals surface area contributed by atoms with E-state index >= 15 is 0 Å². The van der Waals surface area contributed by atoms with Gasteiger partial charge < -0.3 is 10.0 Å². The Kier molecular flexibility index (Phi) is 4.14. The quantitative estimate of drug-likeness (QED) is 0.761. The van der Waals surface area contributed by atoms with Crippen molar-refractivity contribution < 1.29 is 9.90 Å². The molecule has 1 unspecified atom stereocenters. The third-order valence-corrected chi connectivity index (χ3v) is 3.74. The highest BCUT2D eigenvalue weighted by molar-refractivity contribution is 5.74. The molecule has 0 radical (unpaired) electrons.